The molecule has 1 saturated heterocycles. The highest BCUT2D eigenvalue weighted by molar-refractivity contribution is 14.0. The van der Waals surface area contributed by atoms with E-state index < -0.39 is 10.0 Å². The van der Waals surface area contributed by atoms with Crippen LogP contribution in [0.5, 0.6) is 0 Å². The van der Waals surface area contributed by atoms with Gasteiger partial charge in [-0.1, -0.05) is 0 Å². The molecule has 1 aliphatic heterocycles. The molecule has 0 saturated carbocycles. The summed E-state index contributed by atoms with van der Waals surface area (Å²) in [5, 5.41) is 7.77. The van der Waals surface area contributed by atoms with Crippen molar-refractivity contribution in [2.75, 3.05) is 39.5 Å². The van der Waals surface area contributed by atoms with Crippen LogP contribution in [0.15, 0.2) is 11.2 Å². The van der Waals surface area contributed by atoms with Gasteiger partial charge in [0.2, 0.25) is 10.0 Å². The van der Waals surface area contributed by atoms with Crippen molar-refractivity contribution < 1.29 is 8.42 Å². The molecule has 0 aliphatic carbocycles. The van der Waals surface area contributed by atoms with Crippen molar-refractivity contribution in [2.45, 2.75) is 26.2 Å². The first-order chi connectivity index (χ1) is 11.4. The lowest BCUT2D eigenvalue weighted by Gasteiger charge is -2.30. The fourth-order valence-corrected chi connectivity index (χ4v) is 4.37. The van der Waals surface area contributed by atoms with Crippen LogP contribution in [0.4, 0.5) is 0 Å². The van der Waals surface area contributed by atoms with Crippen LogP contribution >= 0.6 is 35.3 Å². The molecule has 0 amide bonds. The molecule has 10 heteroatoms. The molecule has 2 rings (SSSR count). The summed E-state index contributed by atoms with van der Waals surface area (Å²) in [6.07, 6.45) is 5.83. The van der Waals surface area contributed by atoms with Gasteiger partial charge in [-0.15, -0.1) is 35.3 Å². The number of rotatable bonds is 6. The summed E-state index contributed by atoms with van der Waals surface area (Å²) >= 11 is 1.72. The highest BCUT2D eigenvalue weighted by Crippen LogP contribution is 2.18. The Morgan fingerprint density at radius 1 is 1.40 bits per heavy atom. The minimum absolute atomic E-state index is 0. The first kappa shape index (κ1) is 22.6. The van der Waals surface area contributed by atoms with Crippen LogP contribution in [0.1, 0.15) is 22.7 Å². The molecule has 0 unspecified atom stereocenters. The van der Waals surface area contributed by atoms with Crippen molar-refractivity contribution in [1.29, 1.82) is 0 Å². The molecule has 1 fully saturated rings. The Hall–Kier alpha value is -0.460. The molecule has 144 valence electrons. The number of nitrogens with one attached hydrogen (secondary N) is 2. The Bertz CT molecular complexity index is 655. The highest BCUT2D eigenvalue weighted by Gasteiger charge is 2.24. The molecule has 25 heavy (non-hydrogen) atoms. The van der Waals surface area contributed by atoms with E-state index >= 15 is 0 Å². The number of nitrogens with zero attached hydrogens (tertiary/aromatic N) is 3. The van der Waals surface area contributed by atoms with Crippen LogP contribution < -0.4 is 10.6 Å². The predicted molar refractivity (Wildman–Crippen MR) is 114 cm³/mol. The van der Waals surface area contributed by atoms with Crippen molar-refractivity contribution in [2.24, 2.45) is 10.9 Å². The second-order valence-electron chi connectivity index (χ2n) is 6.10. The van der Waals surface area contributed by atoms with E-state index in [0.29, 0.717) is 19.0 Å². The van der Waals surface area contributed by atoms with Gasteiger partial charge in [0.25, 0.3) is 0 Å². The van der Waals surface area contributed by atoms with E-state index in [1.54, 1.807) is 22.7 Å². The van der Waals surface area contributed by atoms with Crippen molar-refractivity contribution >= 4 is 51.3 Å². The Kier molecular flexibility index (Phi) is 9.60. The fraction of sp³-hybridized carbons (Fsp3) is 0.733. The second kappa shape index (κ2) is 10.6. The molecule has 0 bridgehead atoms. The molecule has 1 aromatic rings. The van der Waals surface area contributed by atoms with Gasteiger partial charge in [-0.25, -0.2) is 17.7 Å². The standard InChI is InChI=1S/C15H27N5O2S2.HI/c1-12-10-18-14(23-12)4-7-17-15(16-2)19-11-13-5-8-20(9-6-13)24(3,21)22;/h10,13H,4-9,11H2,1-3H3,(H2,16,17,19);1H. The minimum atomic E-state index is -3.05. The number of halogens is 1. The SMILES string of the molecule is CN=C(NCCc1ncc(C)s1)NCC1CCN(S(C)(=O)=O)CC1.I. The van der Waals surface area contributed by atoms with Crippen LogP contribution in [-0.4, -0.2) is 63.1 Å². The van der Waals surface area contributed by atoms with E-state index in [2.05, 4.69) is 27.5 Å². The van der Waals surface area contributed by atoms with Crippen LogP contribution in [0, 0.1) is 12.8 Å². The van der Waals surface area contributed by atoms with Crippen LogP contribution in [0.3, 0.4) is 0 Å². The van der Waals surface area contributed by atoms with Gasteiger partial charge in [0.1, 0.15) is 0 Å². The quantitative estimate of drug-likeness (QED) is 0.350. The lowest BCUT2D eigenvalue weighted by atomic mass is 9.98. The summed E-state index contributed by atoms with van der Waals surface area (Å²) in [5.41, 5.74) is 0. The predicted octanol–water partition coefficient (Wildman–Crippen LogP) is 1.45. The Morgan fingerprint density at radius 3 is 2.60 bits per heavy atom. The average Bonchev–Trinajstić information content (AvgIpc) is 2.95. The lowest BCUT2D eigenvalue weighted by Crippen LogP contribution is -2.44. The third-order valence-corrected chi connectivity index (χ3v) is 6.40. The molecule has 0 spiro atoms. The van der Waals surface area contributed by atoms with Gasteiger partial charge in [0.15, 0.2) is 5.96 Å². The van der Waals surface area contributed by atoms with E-state index in [1.807, 2.05) is 6.20 Å². The van der Waals surface area contributed by atoms with Crippen LogP contribution in [0.2, 0.25) is 0 Å². The number of guanidine groups is 1. The Balaban J connectivity index is 0.00000312. The molecule has 0 atom stereocenters. The van der Waals surface area contributed by atoms with Crippen LogP contribution in [-0.2, 0) is 16.4 Å². The third kappa shape index (κ3) is 7.75. The zero-order valence-electron chi connectivity index (χ0n) is 15.0. The van der Waals surface area contributed by atoms with Gasteiger partial charge in [-0.3, -0.25) is 4.99 Å². The molecule has 2 N–H and O–H groups in total. The van der Waals surface area contributed by atoms with Crippen molar-refractivity contribution in [3.63, 3.8) is 0 Å². The summed E-state index contributed by atoms with van der Waals surface area (Å²) in [5.74, 6) is 1.26. The van der Waals surface area contributed by atoms with Crippen LogP contribution in [0.25, 0.3) is 0 Å². The largest absolute Gasteiger partial charge is 0.356 e. The minimum Gasteiger partial charge on any atom is -0.356 e. The lowest BCUT2D eigenvalue weighted by molar-refractivity contribution is 0.275. The number of thiazole rings is 1. The number of sulfonamides is 1. The summed E-state index contributed by atoms with van der Waals surface area (Å²) in [4.78, 5) is 9.81. The van der Waals surface area contributed by atoms with Gasteiger partial charge in [-0.05, 0) is 25.7 Å². The van der Waals surface area contributed by atoms with E-state index in [-0.39, 0.29) is 24.0 Å². The average molecular weight is 501 g/mol. The van der Waals surface area contributed by atoms with Crippen molar-refractivity contribution in [1.82, 2.24) is 19.9 Å². The monoisotopic (exact) mass is 501 g/mol. The van der Waals surface area contributed by atoms with Gasteiger partial charge in [-0.2, -0.15) is 0 Å². The van der Waals surface area contributed by atoms with Gasteiger partial charge >= 0.3 is 0 Å². The van der Waals surface area contributed by atoms with E-state index in [1.165, 1.54) is 11.1 Å². The number of piperidine rings is 1. The highest BCUT2D eigenvalue weighted by atomic mass is 127. The molecular weight excluding hydrogens is 473 g/mol. The zero-order chi connectivity index (χ0) is 17.6. The van der Waals surface area contributed by atoms with Crippen molar-refractivity contribution in [3.8, 4) is 0 Å². The fourth-order valence-electron chi connectivity index (χ4n) is 2.71. The van der Waals surface area contributed by atoms with Gasteiger partial charge in [0.05, 0.1) is 11.3 Å². The van der Waals surface area contributed by atoms with E-state index in [0.717, 1.165) is 43.3 Å². The second-order valence-corrected chi connectivity index (χ2v) is 9.40. The number of aryl methyl sites for hydroxylation is 1. The number of aromatic nitrogens is 1. The smallest absolute Gasteiger partial charge is 0.211 e. The van der Waals surface area contributed by atoms with E-state index in [4.69, 9.17) is 0 Å². The van der Waals surface area contributed by atoms with E-state index in [9.17, 15) is 8.42 Å². The molecule has 2 heterocycles. The molecule has 1 aromatic heterocycles. The summed E-state index contributed by atoms with van der Waals surface area (Å²) in [6.45, 7) is 4.89. The summed E-state index contributed by atoms with van der Waals surface area (Å²) in [6, 6.07) is 0. The maximum atomic E-state index is 11.5. The normalized spacial score (nSPS) is 17.2. The maximum Gasteiger partial charge on any atom is 0.211 e. The summed E-state index contributed by atoms with van der Waals surface area (Å²) in [7, 11) is -1.29. The molecule has 1 aliphatic rings. The maximum absolute atomic E-state index is 11.5. The number of hydrogen-bond acceptors (Lipinski definition) is 5. The molecule has 0 radical (unpaired) electrons. The first-order valence-corrected chi connectivity index (χ1v) is 10.9. The molecular formula is C15H28IN5O2S2. The number of aliphatic imine (C=N–C) groups is 1. The number of hydrogen-bond donors (Lipinski definition) is 2. The molecule has 7 nitrogen and oxygen atoms in total. The topological polar surface area (TPSA) is 86.7 Å². The molecule has 0 aromatic carbocycles. The Morgan fingerprint density at radius 2 is 2.08 bits per heavy atom. The zero-order valence-corrected chi connectivity index (χ0v) is 19.0. The van der Waals surface area contributed by atoms with Gasteiger partial charge in [0, 0.05) is 50.7 Å². The third-order valence-electron chi connectivity index (χ3n) is 4.12. The van der Waals surface area contributed by atoms with Gasteiger partial charge < -0.3 is 10.6 Å². The van der Waals surface area contributed by atoms with Crippen molar-refractivity contribution in [3.05, 3.63) is 16.1 Å². The first-order valence-electron chi connectivity index (χ1n) is 8.19. The summed E-state index contributed by atoms with van der Waals surface area (Å²) < 4.78 is 24.6. The Labute approximate surface area is 171 Å².